The molecular weight excluding hydrogens is 144 g/mol. The van der Waals surface area contributed by atoms with E-state index in [1.54, 1.807) is 0 Å². The molecule has 2 amide bonds. The molecular formula is C7H10N2O2. The topological polar surface area (TPSA) is 49.4 Å². The molecule has 2 rings (SSSR count). The van der Waals surface area contributed by atoms with Gasteiger partial charge in [0, 0.05) is 12.3 Å². The van der Waals surface area contributed by atoms with E-state index in [0.717, 1.165) is 12.8 Å². The first-order valence-corrected chi connectivity index (χ1v) is 3.88. The van der Waals surface area contributed by atoms with Gasteiger partial charge in [0.15, 0.2) is 0 Å². The Morgan fingerprint density at radius 1 is 1.55 bits per heavy atom. The minimum atomic E-state index is -0.0426. The summed E-state index contributed by atoms with van der Waals surface area (Å²) in [6, 6.07) is 0. The van der Waals surface area contributed by atoms with Crippen molar-refractivity contribution in [1.82, 2.24) is 10.4 Å². The Kier molecular flexibility index (Phi) is 1.34. The molecule has 0 aromatic heterocycles. The van der Waals surface area contributed by atoms with Crippen LogP contribution in [-0.4, -0.2) is 23.4 Å². The molecule has 1 saturated carbocycles. The van der Waals surface area contributed by atoms with Crippen LogP contribution in [0.1, 0.15) is 19.3 Å². The maximum atomic E-state index is 11.3. The van der Waals surface area contributed by atoms with Crippen molar-refractivity contribution < 1.29 is 9.59 Å². The van der Waals surface area contributed by atoms with Crippen LogP contribution in [0.2, 0.25) is 0 Å². The van der Waals surface area contributed by atoms with Crippen LogP contribution < -0.4 is 5.43 Å². The lowest BCUT2D eigenvalue weighted by Crippen LogP contribution is -2.39. The van der Waals surface area contributed by atoms with Gasteiger partial charge in [-0.3, -0.25) is 20.0 Å². The Morgan fingerprint density at radius 3 is 2.73 bits per heavy atom. The summed E-state index contributed by atoms with van der Waals surface area (Å²) in [6.07, 6.45) is 2.44. The fraction of sp³-hybridized carbons (Fsp3) is 0.714. The van der Waals surface area contributed by atoms with Crippen LogP contribution in [0, 0.1) is 5.92 Å². The zero-order valence-corrected chi connectivity index (χ0v) is 6.17. The molecule has 0 radical (unpaired) electrons. The average Bonchev–Trinajstić information content (AvgIpc) is 2.74. The number of hydrogen-bond donors (Lipinski definition) is 1. The maximum Gasteiger partial charge on any atom is 0.244 e. The molecule has 2 fully saturated rings. The summed E-state index contributed by atoms with van der Waals surface area (Å²) in [5, 5.41) is 1.44. The number of nitrogens with zero attached hydrogens (tertiary/aromatic N) is 1. The maximum absolute atomic E-state index is 11.3. The monoisotopic (exact) mass is 154 g/mol. The first-order chi connectivity index (χ1) is 5.27. The lowest BCUT2D eigenvalue weighted by molar-refractivity contribution is -0.137. The van der Waals surface area contributed by atoms with Gasteiger partial charge in [-0.1, -0.05) is 0 Å². The zero-order chi connectivity index (χ0) is 7.84. The lowest BCUT2D eigenvalue weighted by Gasteiger charge is -2.13. The van der Waals surface area contributed by atoms with Crippen molar-refractivity contribution >= 4 is 11.8 Å². The van der Waals surface area contributed by atoms with E-state index in [1.807, 2.05) is 0 Å². The number of hydrogen-bond acceptors (Lipinski definition) is 2. The second-order valence-electron chi connectivity index (χ2n) is 3.05. The second-order valence-corrected chi connectivity index (χ2v) is 3.05. The summed E-state index contributed by atoms with van der Waals surface area (Å²) in [6.45, 7) is 0.550. The van der Waals surface area contributed by atoms with Crippen LogP contribution in [0.15, 0.2) is 0 Å². The van der Waals surface area contributed by atoms with Crippen LogP contribution in [0.25, 0.3) is 0 Å². The summed E-state index contributed by atoms with van der Waals surface area (Å²) in [5.41, 5.74) is 2.52. The van der Waals surface area contributed by atoms with Gasteiger partial charge in [-0.15, -0.1) is 0 Å². The summed E-state index contributed by atoms with van der Waals surface area (Å²) in [5.74, 6) is 0.253. The van der Waals surface area contributed by atoms with E-state index >= 15 is 0 Å². The highest BCUT2D eigenvalue weighted by atomic mass is 16.2. The molecule has 4 heteroatoms. The van der Waals surface area contributed by atoms with Crippen molar-refractivity contribution in [3.8, 4) is 0 Å². The summed E-state index contributed by atoms with van der Waals surface area (Å²) >= 11 is 0. The molecule has 0 unspecified atom stereocenters. The summed E-state index contributed by atoms with van der Waals surface area (Å²) in [4.78, 5) is 22.0. The Bertz CT molecular complexity index is 210. The number of carbonyl (C=O) groups excluding carboxylic acids is 2. The molecule has 1 saturated heterocycles. The van der Waals surface area contributed by atoms with Crippen molar-refractivity contribution in [3.05, 3.63) is 0 Å². The smallest absolute Gasteiger partial charge is 0.244 e. The number of amides is 2. The third-order valence-electron chi connectivity index (χ3n) is 2.01. The molecule has 2 aliphatic rings. The Morgan fingerprint density at radius 2 is 2.27 bits per heavy atom. The van der Waals surface area contributed by atoms with E-state index in [-0.39, 0.29) is 17.7 Å². The standard InChI is InChI=1S/C7H10N2O2/c10-6-3-4-9(8-6)7(11)5-1-2-5/h5H,1-4H2,(H,8,10). The number of rotatable bonds is 1. The Balaban J connectivity index is 1.94. The Labute approximate surface area is 64.5 Å². The quantitative estimate of drug-likeness (QED) is 0.561. The molecule has 1 heterocycles. The number of carbonyl (C=O) groups is 2. The molecule has 60 valence electrons. The fourth-order valence-electron chi connectivity index (χ4n) is 1.19. The van der Waals surface area contributed by atoms with E-state index in [9.17, 15) is 9.59 Å². The second kappa shape index (κ2) is 2.22. The van der Waals surface area contributed by atoms with Gasteiger partial charge in [0.2, 0.25) is 11.8 Å². The van der Waals surface area contributed by atoms with E-state index in [4.69, 9.17) is 0 Å². The van der Waals surface area contributed by atoms with Gasteiger partial charge >= 0.3 is 0 Å². The largest absolute Gasteiger partial charge is 0.273 e. The van der Waals surface area contributed by atoms with Crippen LogP contribution in [0.5, 0.6) is 0 Å². The highest BCUT2D eigenvalue weighted by Crippen LogP contribution is 2.30. The predicted octanol–water partition coefficient (Wildman–Crippen LogP) is -0.340. The van der Waals surface area contributed by atoms with E-state index in [2.05, 4.69) is 5.43 Å². The third kappa shape index (κ3) is 1.20. The molecule has 1 aliphatic carbocycles. The van der Waals surface area contributed by atoms with Crippen LogP contribution in [0.4, 0.5) is 0 Å². The molecule has 11 heavy (non-hydrogen) atoms. The minimum absolute atomic E-state index is 0.0426. The normalized spacial score (nSPS) is 23.6. The van der Waals surface area contributed by atoms with Gasteiger partial charge in [0.1, 0.15) is 0 Å². The first kappa shape index (κ1) is 6.64. The molecule has 0 aromatic rings. The molecule has 4 nitrogen and oxygen atoms in total. The third-order valence-corrected chi connectivity index (χ3v) is 2.01. The van der Waals surface area contributed by atoms with Crippen LogP contribution >= 0.6 is 0 Å². The fourth-order valence-corrected chi connectivity index (χ4v) is 1.19. The van der Waals surface area contributed by atoms with Gasteiger partial charge < -0.3 is 0 Å². The van der Waals surface area contributed by atoms with Gasteiger partial charge in [0.25, 0.3) is 0 Å². The van der Waals surface area contributed by atoms with Crippen molar-refractivity contribution in [3.63, 3.8) is 0 Å². The molecule has 0 bridgehead atoms. The van der Waals surface area contributed by atoms with Crippen molar-refractivity contribution in [2.24, 2.45) is 5.92 Å². The molecule has 0 atom stereocenters. The molecule has 0 spiro atoms. The average molecular weight is 154 g/mol. The SMILES string of the molecule is O=C1CCN(C(=O)C2CC2)N1. The lowest BCUT2D eigenvalue weighted by atomic mass is 10.4. The summed E-state index contributed by atoms with van der Waals surface area (Å²) in [7, 11) is 0. The van der Waals surface area contributed by atoms with Crippen LogP contribution in [0.3, 0.4) is 0 Å². The van der Waals surface area contributed by atoms with Crippen LogP contribution in [-0.2, 0) is 9.59 Å². The highest BCUT2D eigenvalue weighted by molar-refractivity contribution is 5.87. The van der Waals surface area contributed by atoms with E-state index in [1.165, 1.54) is 5.01 Å². The Hall–Kier alpha value is -1.06. The predicted molar refractivity (Wildman–Crippen MR) is 37.2 cm³/mol. The molecule has 1 N–H and O–H groups in total. The minimum Gasteiger partial charge on any atom is -0.273 e. The van der Waals surface area contributed by atoms with E-state index < -0.39 is 0 Å². The van der Waals surface area contributed by atoms with Gasteiger partial charge in [-0.25, -0.2) is 0 Å². The van der Waals surface area contributed by atoms with Gasteiger partial charge in [-0.2, -0.15) is 0 Å². The van der Waals surface area contributed by atoms with Crippen molar-refractivity contribution in [2.45, 2.75) is 19.3 Å². The van der Waals surface area contributed by atoms with E-state index in [0.29, 0.717) is 13.0 Å². The van der Waals surface area contributed by atoms with Crippen molar-refractivity contribution in [1.29, 1.82) is 0 Å². The zero-order valence-electron chi connectivity index (χ0n) is 6.17. The number of nitrogens with one attached hydrogen (secondary N) is 1. The highest BCUT2D eigenvalue weighted by Gasteiger charge is 2.35. The van der Waals surface area contributed by atoms with Gasteiger partial charge in [0.05, 0.1) is 6.54 Å². The van der Waals surface area contributed by atoms with Gasteiger partial charge in [-0.05, 0) is 12.8 Å². The first-order valence-electron chi connectivity index (χ1n) is 3.88. The summed E-state index contributed by atoms with van der Waals surface area (Å²) < 4.78 is 0. The number of hydrazine groups is 1. The molecule has 0 aromatic carbocycles. The van der Waals surface area contributed by atoms with Crippen molar-refractivity contribution in [2.75, 3.05) is 6.54 Å². The molecule has 1 aliphatic heterocycles.